The van der Waals surface area contributed by atoms with Crippen molar-refractivity contribution in [1.82, 2.24) is 14.8 Å². The first-order valence-corrected chi connectivity index (χ1v) is 6.77. The predicted octanol–water partition coefficient (Wildman–Crippen LogP) is 2.74. The van der Waals surface area contributed by atoms with Gasteiger partial charge in [-0.05, 0) is 18.2 Å². The van der Waals surface area contributed by atoms with E-state index in [-0.39, 0.29) is 5.56 Å². The average Bonchev–Trinajstić information content (AvgIpc) is 2.92. The highest BCUT2D eigenvalue weighted by atomic mass is 16.1. The topological polar surface area (TPSA) is 74.5 Å². The summed E-state index contributed by atoms with van der Waals surface area (Å²) in [5, 5.41) is 13.6. The molecule has 0 aliphatic rings. The number of nitrogens with zero attached hydrogens (tertiary/aromatic N) is 3. The molecule has 0 amide bonds. The van der Waals surface area contributed by atoms with Crippen LogP contribution in [0.2, 0.25) is 0 Å². The molecule has 0 unspecified atom stereocenters. The molecule has 2 aromatic heterocycles. The van der Waals surface area contributed by atoms with Crippen LogP contribution in [0.1, 0.15) is 5.56 Å². The van der Waals surface area contributed by atoms with Gasteiger partial charge >= 0.3 is 0 Å². The second-order valence-electron chi connectivity index (χ2n) is 4.95. The molecule has 0 spiro atoms. The Morgan fingerprint density at radius 2 is 1.86 bits per heavy atom. The zero-order valence-electron chi connectivity index (χ0n) is 11.4. The number of nitriles is 1. The fourth-order valence-electron chi connectivity index (χ4n) is 2.64. The van der Waals surface area contributed by atoms with Gasteiger partial charge < -0.3 is 0 Å². The van der Waals surface area contributed by atoms with Gasteiger partial charge in [-0.2, -0.15) is 5.26 Å². The molecule has 0 aliphatic carbocycles. The molecule has 0 saturated carbocycles. The number of benzene rings is 2. The van der Waals surface area contributed by atoms with Gasteiger partial charge in [-0.1, -0.05) is 30.3 Å². The Morgan fingerprint density at radius 1 is 1.05 bits per heavy atom. The van der Waals surface area contributed by atoms with Crippen LogP contribution >= 0.6 is 0 Å². The second kappa shape index (κ2) is 4.57. The van der Waals surface area contributed by atoms with E-state index in [0.29, 0.717) is 22.0 Å². The van der Waals surface area contributed by atoms with Gasteiger partial charge in [0.2, 0.25) is 0 Å². The minimum Gasteiger partial charge on any atom is -0.290 e. The van der Waals surface area contributed by atoms with E-state index < -0.39 is 0 Å². The maximum absolute atomic E-state index is 12.6. The van der Waals surface area contributed by atoms with Crippen molar-refractivity contribution in [3.05, 3.63) is 70.6 Å². The third kappa shape index (κ3) is 1.64. The maximum atomic E-state index is 12.6. The van der Waals surface area contributed by atoms with E-state index in [0.717, 1.165) is 11.1 Å². The number of hydrogen-bond donors (Lipinski definition) is 1. The number of nitrogens with one attached hydrogen (secondary N) is 1. The molecule has 0 saturated heterocycles. The second-order valence-corrected chi connectivity index (χ2v) is 4.95. The Morgan fingerprint density at radius 3 is 2.64 bits per heavy atom. The summed E-state index contributed by atoms with van der Waals surface area (Å²) in [5.74, 6) is 0. The summed E-state index contributed by atoms with van der Waals surface area (Å²) in [4.78, 5) is 16.8. The smallest absolute Gasteiger partial charge is 0.280 e. The number of rotatable bonds is 1. The van der Waals surface area contributed by atoms with Crippen LogP contribution < -0.4 is 5.56 Å². The molecule has 2 heterocycles. The van der Waals surface area contributed by atoms with E-state index >= 15 is 0 Å². The van der Waals surface area contributed by atoms with Crippen LogP contribution in [0.15, 0.2) is 59.5 Å². The van der Waals surface area contributed by atoms with E-state index in [2.05, 4.69) is 16.2 Å². The van der Waals surface area contributed by atoms with E-state index in [4.69, 9.17) is 0 Å². The van der Waals surface area contributed by atoms with Crippen molar-refractivity contribution in [2.75, 3.05) is 0 Å². The Balaban J connectivity index is 2.13. The van der Waals surface area contributed by atoms with Gasteiger partial charge in [0, 0.05) is 11.6 Å². The molecule has 0 atom stereocenters. The third-order valence-electron chi connectivity index (χ3n) is 3.69. The Hall–Kier alpha value is -3.39. The van der Waals surface area contributed by atoms with Crippen LogP contribution in [-0.2, 0) is 0 Å². The van der Waals surface area contributed by atoms with E-state index in [9.17, 15) is 10.1 Å². The van der Waals surface area contributed by atoms with Crippen LogP contribution in [0.5, 0.6) is 0 Å². The predicted molar refractivity (Wildman–Crippen MR) is 83.9 cm³/mol. The Bertz CT molecular complexity index is 1100. The summed E-state index contributed by atoms with van der Waals surface area (Å²) in [6.45, 7) is 0. The lowest BCUT2D eigenvalue weighted by Gasteiger charge is -2.00. The molecule has 4 rings (SSSR count). The first kappa shape index (κ1) is 12.4. The maximum Gasteiger partial charge on any atom is 0.280 e. The Kier molecular flexibility index (Phi) is 2.57. The average molecular weight is 286 g/mol. The summed E-state index contributed by atoms with van der Waals surface area (Å²) in [6, 6.07) is 16.8. The van der Waals surface area contributed by atoms with Crippen molar-refractivity contribution in [3.63, 3.8) is 0 Å². The van der Waals surface area contributed by atoms with Crippen LogP contribution in [0.3, 0.4) is 0 Å². The van der Waals surface area contributed by atoms with Crippen molar-refractivity contribution in [1.29, 1.82) is 5.26 Å². The van der Waals surface area contributed by atoms with Crippen LogP contribution in [0.25, 0.3) is 27.5 Å². The monoisotopic (exact) mass is 286 g/mol. The lowest BCUT2D eigenvalue weighted by atomic mass is 10.1. The quantitative estimate of drug-likeness (QED) is 0.584. The number of fused-ring (bicyclic) bond motifs is 3. The molecule has 5 heteroatoms. The van der Waals surface area contributed by atoms with Crippen molar-refractivity contribution in [2.24, 2.45) is 0 Å². The first-order chi connectivity index (χ1) is 10.8. The minimum atomic E-state index is -0.155. The van der Waals surface area contributed by atoms with Gasteiger partial charge in [-0.15, -0.1) is 0 Å². The summed E-state index contributed by atoms with van der Waals surface area (Å²) in [5.41, 5.74) is 2.38. The molecule has 0 aliphatic heterocycles. The highest BCUT2D eigenvalue weighted by Gasteiger charge is 2.13. The lowest BCUT2D eigenvalue weighted by molar-refractivity contribution is 0.864. The van der Waals surface area contributed by atoms with Gasteiger partial charge in [0.25, 0.3) is 5.56 Å². The zero-order chi connectivity index (χ0) is 15.1. The molecule has 0 fully saturated rings. The van der Waals surface area contributed by atoms with Crippen molar-refractivity contribution < 1.29 is 0 Å². The molecule has 0 radical (unpaired) electrons. The summed E-state index contributed by atoms with van der Waals surface area (Å²) in [7, 11) is 0. The summed E-state index contributed by atoms with van der Waals surface area (Å²) >= 11 is 0. The van der Waals surface area contributed by atoms with Gasteiger partial charge in [-0.25, -0.2) is 4.68 Å². The summed E-state index contributed by atoms with van der Waals surface area (Å²) in [6.07, 6.45) is 1.52. The van der Waals surface area contributed by atoms with Gasteiger partial charge in [0.1, 0.15) is 6.07 Å². The number of hydrogen-bond acceptors (Lipinski definition) is 3. The minimum absolute atomic E-state index is 0.155. The van der Waals surface area contributed by atoms with Crippen LogP contribution in [0, 0.1) is 11.3 Å². The van der Waals surface area contributed by atoms with E-state index in [1.807, 2.05) is 36.4 Å². The van der Waals surface area contributed by atoms with Crippen molar-refractivity contribution in [3.8, 4) is 11.8 Å². The first-order valence-electron chi connectivity index (χ1n) is 6.77. The fourth-order valence-corrected chi connectivity index (χ4v) is 2.64. The van der Waals surface area contributed by atoms with Crippen LogP contribution in [0.4, 0.5) is 0 Å². The molecule has 2 aromatic carbocycles. The highest BCUT2D eigenvalue weighted by Crippen LogP contribution is 2.23. The molecule has 0 bridgehead atoms. The molecule has 104 valence electrons. The standard InChI is InChI=1S/C17H10N4O/c18-9-11-5-4-8-13-15(11)19-10-14-16(13)20-21(17(14)22)12-6-2-1-3-7-12/h1-8,10,20H. The van der Waals surface area contributed by atoms with Gasteiger partial charge in [0.05, 0.1) is 27.7 Å². The third-order valence-corrected chi connectivity index (χ3v) is 3.69. The number of aromatic amines is 1. The SMILES string of the molecule is N#Cc1cccc2c1ncc1c(=O)n(-c3ccccc3)[nH]c12. The fraction of sp³-hybridized carbons (Fsp3) is 0. The number of pyridine rings is 1. The zero-order valence-corrected chi connectivity index (χ0v) is 11.4. The van der Waals surface area contributed by atoms with E-state index in [1.54, 1.807) is 12.1 Å². The Labute approximate surface area is 125 Å². The molecular formula is C17H10N4O. The normalized spacial score (nSPS) is 10.9. The lowest BCUT2D eigenvalue weighted by Crippen LogP contribution is -2.13. The van der Waals surface area contributed by atoms with Gasteiger partial charge in [0.15, 0.2) is 0 Å². The number of para-hydroxylation sites is 2. The molecule has 1 N–H and O–H groups in total. The van der Waals surface area contributed by atoms with Crippen molar-refractivity contribution in [2.45, 2.75) is 0 Å². The van der Waals surface area contributed by atoms with Crippen molar-refractivity contribution >= 4 is 21.8 Å². The molecular weight excluding hydrogens is 276 g/mol. The highest BCUT2D eigenvalue weighted by molar-refractivity contribution is 6.04. The number of aromatic nitrogens is 3. The summed E-state index contributed by atoms with van der Waals surface area (Å²) < 4.78 is 1.49. The van der Waals surface area contributed by atoms with Gasteiger partial charge in [-0.3, -0.25) is 14.9 Å². The molecule has 22 heavy (non-hydrogen) atoms. The van der Waals surface area contributed by atoms with E-state index in [1.165, 1.54) is 10.9 Å². The number of H-pyrrole nitrogens is 1. The van der Waals surface area contributed by atoms with Crippen LogP contribution in [-0.4, -0.2) is 14.8 Å². The molecule has 4 aromatic rings. The largest absolute Gasteiger partial charge is 0.290 e. The molecule has 5 nitrogen and oxygen atoms in total.